The van der Waals surface area contributed by atoms with E-state index in [-0.39, 0.29) is 6.10 Å². The van der Waals surface area contributed by atoms with Gasteiger partial charge in [0.15, 0.2) is 0 Å². The summed E-state index contributed by atoms with van der Waals surface area (Å²) >= 11 is 1.25. The number of likely N-dealkylation sites (tertiary alicyclic amines) is 1. The van der Waals surface area contributed by atoms with Gasteiger partial charge in [0.05, 0.1) is 6.10 Å². The van der Waals surface area contributed by atoms with Crippen molar-refractivity contribution >= 4 is 17.3 Å². The molecule has 0 aliphatic carbocycles. The molecule has 15 heavy (non-hydrogen) atoms. The Morgan fingerprint density at radius 2 is 2.47 bits per heavy atom. The van der Waals surface area contributed by atoms with Crippen molar-refractivity contribution in [1.82, 2.24) is 4.90 Å². The number of β-amino-alcohol motifs (C(OH)–C–C–N with tert-alkyl or cyclic N) is 1. The molecule has 0 spiro atoms. The predicted molar refractivity (Wildman–Crippen MR) is 57.2 cm³/mol. The first-order chi connectivity index (χ1) is 7.16. The van der Waals surface area contributed by atoms with E-state index in [1.165, 1.54) is 11.3 Å². The molecule has 0 saturated carbocycles. The van der Waals surface area contributed by atoms with Crippen molar-refractivity contribution in [2.24, 2.45) is 0 Å². The number of carbonyl (C=O) groups is 1. The van der Waals surface area contributed by atoms with Gasteiger partial charge in [0.1, 0.15) is 4.88 Å². The highest BCUT2D eigenvalue weighted by Gasteiger charge is 2.22. The van der Waals surface area contributed by atoms with E-state index in [4.69, 9.17) is 5.11 Å². The van der Waals surface area contributed by atoms with Crippen LogP contribution in [0.4, 0.5) is 0 Å². The Morgan fingerprint density at radius 3 is 3.07 bits per heavy atom. The van der Waals surface area contributed by atoms with Gasteiger partial charge in [-0.15, -0.1) is 11.3 Å². The smallest absolute Gasteiger partial charge is 0.346 e. The summed E-state index contributed by atoms with van der Waals surface area (Å²) < 4.78 is 0. The summed E-state index contributed by atoms with van der Waals surface area (Å²) in [6, 6.07) is 1.85. The first-order valence-corrected chi connectivity index (χ1v) is 5.75. The minimum absolute atomic E-state index is 0.253. The van der Waals surface area contributed by atoms with E-state index in [0.29, 0.717) is 18.0 Å². The number of carboxylic acid groups (broad SMARTS) is 1. The average Bonchev–Trinajstić information content (AvgIpc) is 2.75. The van der Waals surface area contributed by atoms with E-state index >= 15 is 0 Å². The molecule has 1 aromatic rings. The molecule has 1 fully saturated rings. The number of aliphatic hydroxyl groups is 1. The molecule has 82 valence electrons. The summed E-state index contributed by atoms with van der Waals surface area (Å²) in [4.78, 5) is 13.4. The molecular weight excluding hydrogens is 214 g/mol. The molecule has 2 N–H and O–H groups in total. The van der Waals surface area contributed by atoms with Crippen molar-refractivity contribution in [3.63, 3.8) is 0 Å². The molecule has 0 amide bonds. The molecule has 4 nitrogen and oxygen atoms in total. The molecule has 0 bridgehead atoms. The zero-order valence-corrected chi connectivity index (χ0v) is 9.04. The van der Waals surface area contributed by atoms with Gasteiger partial charge >= 0.3 is 5.97 Å². The quantitative estimate of drug-likeness (QED) is 0.809. The van der Waals surface area contributed by atoms with Gasteiger partial charge in [-0.1, -0.05) is 0 Å². The third kappa shape index (κ3) is 2.37. The Labute approximate surface area is 91.8 Å². The summed E-state index contributed by atoms with van der Waals surface area (Å²) in [5, 5.41) is 20.1. The van der Waals surface area contributed by atoms with Gasteiger partial charge in [-0.05, 0) is 23.4 Å². The van der Waals surface area contributed by atoms with Crippen LogP contribution in [0.25, 0.3) is 0 Å². The van der Waals surface area contributed by atoms with Gasteiger partial charge in [-0.3, -0.25) is 4.90 Å². The van der Waals surface area contributed by atoms with Gasteiger partial charge in [0.2, 0.25) is 0 Å². The van der Waals surface area contributed by atoms with Crippen LogP contribution < -0.4 is 0 Å². The highest BCUT2D eigenvalue weighted by Crippen LogP contribution is 2.20. The van der Waals surface area contributed by atoms with E-state index < -0.39 is 5.97 Å². The summed E-state index contributed by atoms with van der Waals surface area (Å²) in [6.07, 6.45) is 0.531. The number of thiophene rings is 1. The second-order valence-electron chi connectivity index (χ2n) is 3.76. The van der Waals surface area contributed by atoms with Crippen molar-refractivity contribution in [3.8, 4) is 0 Å². The Kier molecular flexibility index (Phi) is 3.04. The number of hydrogen-bond donors (Lipinski definition) is 2. The van der Waals surface area contributed by atoms with Crippen LogP contribution in [0.5, 0.6) is 0 Å². The van der Waals surface area contributed by atoms with Crippen molar-refractivity contribution in [2.45, 2.75) is 19.1 Å². The third-order valence-corrected chi connectivity index (χ3v) is 3.53. The largest absolute Gasteiger partial charge is 0.477 e. The fourth-order valence-corrected chi connectivity index (χ4v) is 2.60. The molecule has 1 atom stereocenters. The van der Waals surface area contributed by atoms with Gasteiger partial charge in [-0.2, -0.15) is 0 Å². The highest BCUT2D eigenvalue weighted by molar-refractivity contribution is 7.12. The normalized spacial score (nSPS) is 22.1. The Morgan fingerprint density at radius 1 is 1.67 bits per heavy atom. The van der Waals surface area contributed by atoms with Crippen molar-refractivity contribution in [2.75, 3.05) is 13.1 Å². The maximum Gasteiger partial charge on any atom is 0.346 e. The van der Waals surface area contributed by atoms with Crippen molar-refractivity contribution in [3.05, 3.63) is 21.9 Å². The zero-order chi connectivity index (χ0) is 10.8. The van der Waals surface area contributed by atoms with E-state index in [1.54, 1.807) is 5.38 Å². The molecule has 2 rings (SSSR count). The minimum Gasteiger partial charge on any atom is -0.477 e. The molecule has 5 heteroatoms. The van der Waals surface area contributed by atoms with E-state index in [2.05, 4.69) is 4.90 Å². The first-order valence-electron chi connectivity index (χ1n) is 4.87. The predicted octanol–water partition coefficient (Wildman–Crippen LogP) is 1.01. The summed E-state index contributed by atoms with van der Waals surface area (Å²) in [5.41, 5.74) is 0.849. The summed E-state index contributed by atoms with van der Waals surface area (Å²) in [5.74, 6) is -0.861. The molecule has 0 aromatic carbocycles. The summed E-state index contributed by atoms with van der Waals surface area (Å²) in [7, 11) is 0. The molecule has 0 radical (unpaired) electrons. The van der Waals surface area contributed by atoms with Crippen LogP contribution >= 0.6 is 11.3 Å². The second-order valence-corrected chi connectivity index (χ2v) is 4.67. The average molecular weight is 227 g/mol. The standard InChI is InChI=1S/C10H13NO3S/c12-8-1-3-11(6-8)5-7-2-4-15-9(7)10(13)14/h2,4,8,12H,1,3,5-6H2,(H,13,14). The Balaban J connectivity index is 2.04. The second kappa shape index (κ2) is 4.30. The van der Waals surface area contributed by atoms with Crippen LogP contribution in [0.3, 0.4) is 0 Å². The van der Waals surface area contributed by atoms with Gasteiger partial charge in [0.25, 0.3) is 0 Å². The molecule has 2 heterocycles. The number of aliphatic hydroxyl groups excluding tert-OH is 1. The summed E-state index contributed by atoms with van der Waals surface area (Å²) in [6.45, 7) is 2.12. The molecular formula is C10H13NO3S. The lowest BCUT2D eigenvalue weighted by Gasteiger charge is -2.14. The third-order valence-electron chi connectivity index (χ3n) is 2.58. The maximum absolute atomic E-state index is 10.9. The van der Waals surface area contributed by atoms with Crippen molar-refractivity contribution in [1.29, 1.82) is 0 Å². The minimum atomic E-state index is -0.861. The topological polar surface area (TPSA) is 60.8 Å². The highest BCUT2D eigenvalue weighted by atomic mass is 32.1. The van der Waals surface area contributed by atoms with Crippen LogP contribution in [0.1, 0.15) is 21.7 Å². The van der Waals surface area contributed by atoms with Crippen LogP contribution in [-0.4, -0.2) is 40.3 Å². The van der Waals surface area contributed by atoms with Crippen molar-refractivity contribution < 1.29 is 15.0 Å². The maximum atomic E-state index is 10.9. The number of carboxylic acids is 1. The lowest BCUT2D eigenvalue weighted by molar-refractivity contribution is 0.0700. The number of aromatic carboxylic acids is 1. The molecule has 1 aliphatic heterocycles. The lowest BCUT2D eigenvalue weighted by Crippen LogP contribution is -2.22. The fraction of sp³-hybridized carbons (Fsp3) is 0.500. The zero-order valence-electron chi connectivity index (χ0n) is 8.22. The number of rotatable bonds is 3. The van der Waals surface area contributed by atoms with Gasteiger partial charge in [-0.25, -0.2) is 4.79 Å². The molecule has 1 unspecified atom stereocenters. The van der Waals surface area contributed by atoms with Crippen LogP contribution in [0, 0.1) is 0 Å². The van der Waals surface area contributed by atoms with Gasteiger partial charge in [0, 0.05) is 19.6 Å². The fourth-order valence-electron chi connectivity index (χ4n) is 1.84. The van der Waals surface area contributed by atoms with Crippen LogP contribution in [-0.2, 0) is 6.54 Å². The Hall–Kier alpha value is -0.910. The lowest BCUT2D eigenvalue weighted by atomic mass is 10.2. The molecule has 1 saturated heterocycles. The van der Waals surface area contributed by atoms with Gasteiger partial charge < -0.3 is 10.2 Å². The first kappa shape index (κ1) is 10.6. The SMILES string of the molecule is O=C(O)c1sccc1CN1CCC(O)C1. The number of hydrogen-bond acceptors (Lipinski definition) is 4. The van der Waals surface area contributed by atoms with E-state index in [9.17, 15) is 9.90 Å². The number of nitrogens with zero attached hydrogens (tertiary/aromatic N) is 1. The monoisotopic (exact) mass is 227 g/mol. The van der Waals surface area contributed by atoms with E-state index in [1.807, 2.05) is 6.07 Å². The van der Waals surface area contributed by atoms with Crippen LogP contribution in [0.2, 0.25) is 0 Å². The molecule has 1 aromatic heterocycles. The van der Waals surface area contributed by atoms with E-state index in [0.717, 1.165) is 18.5 Å². The molecule has 1 aliphatic rings. The Bertz CT molecular complexity index is 363. The van der Waals surface area contributed by atoms with Crippen LogP contribution in [0.15, 0.2) is 11.4 Å².